The van der Waals surface area contributed by atoms with E-state index in [9.17, 15) is 4.39 Å². The van der Waals surface area contributed by atoms with Gasteiger partial charge in [-0.05, 0) is 31.2 Å². The molecule has 0 saturated carbocycles. The number of hydrogen-bond donors (Lipinski definition) is 0. The normalized spacial score (nSPS) is 10.7. The molecule has 118 valence electrons. The molecule has 0 radical (unpaired) electrons. The van der Waals surface area contributed by atoms with E-state index in [-0.39, 0.29) is 11.6 Å². The van der Waals surface area contributed by atoms with Gasteiger partial charge in [0.1, 0.15) is 5.82 Å². The number of rotatable bonds is 6. The molecule has 0 fully saturated rings. The van der Waals surface area contributed by atoms with E-state index in [0.717, 1.165) is 16.7 Å². The van der Waals surface area contributed by atoms with Crippen molar-refractivity contribution in [2.24, 2.45) is 0 Å². The van der Waals surface area contributed by atoms with Gasteiger partial charge in [-0.25, -0.2) is 4.39 Å². The Morgan fingerprint density at radius 1 is 1.04 bits per heavy atom. The van der Waals surface area contributed by atoms with E-state index in [0.29, 0.717) is 12.4 Å². The van der Waals surface area contributed by atoms with Gasteiger partial charge >= 0.3 is 0 Å². The molecule has 0 aliphatic rings. The van der Waals surface area contributed by atoms with Crippen LogP contribution in [0.4, 0.5) is 4.39 Å². The highest BCUT2D eigenvalue weighted by atomic mass is 32.2. The van der Waals surface area contributed by atoms with Crippen LogP contribution in [0.15, 0.2) is 59.8 Å². The lowest BCUT2D eigenvalue weighted by atomic mass is 10.3. The second-order valence-corrected chi connectivity index (χ2v) is 5.89. The van der Waals surface area contributed by atoms with Gasteiger partial charge in [0.05, 0.1) is 6.61 Å². The van der Waals surface area contributed by atoms with Crippen LogP contribution >= 0.6 is 11.8 Å². The first-order valence-corrected chi connectivity index (χ1v) is 8.22. The van der Waals surface area contributed by atoms with E-state index in [1.54, 1.807) is 18.2 Å². The second-order valence-electron chi connectivity index (χ2n) is 4.83. The molecular formula is C17H16FN3OS. The van der Waals surface area contributed by atoms with Crippen LogP contribution in [0.1, 0.15) is 5.82 Å². The van der Waals surface area contributed by atoms with Crippen molar-refractivity contribution in [3.63, 3.8) is 0 Å². The fourth-order valence-corrected chi connectivity index (χ4v) is 2.97. The van der Waals surface area contributed by atoms with Crippen molar-refractivity contribution in [2.75, 3.05) is 12.4 Å². The second kappa shape index (κ2) is 7.28. The highest BCUT2D eigenvalue weighted by Gasteiger charge is 2.11. The molecule has 6 heteroatoms. The Bertz CT molecular complexity index is 777. The third kappa shape index (κ3) is 3.71. The molecule has 0 amide bonds. The average Bonchev–Trinajstić information content (AvgIpc) is 2.94. The van der Waals surface area contributed by atoms with E-state index < -0.39 is 0 Å². The van der Waals surface area contributed by atoms with Crippen molar-refractivity contribution in [3.05, 3.63) is 66.2 Å². The number of aryl methyl sites for hydroxylation is 1. The lowest BCUT2D eigenvalue weighted by molar-refractivity contribution is 0.325. The molecule has 2 aromatic carbocycles. The SMILES string of the molecule is Cc1nnc(SCCOc2ccccc2F)n1-c1ccccc1. The number of para-hydroxylation sites is 2. The zero-order chi connectivity index (χ0) is 16.1. The summed E-state index contributed by atoms with van der Waals surface area (Å²) >= 11 is 1.53. The minimum absolute atomic E-state index is 0.272. The molecule has 1 heterocycles. The predicted molar refractivity (Wildman–Crippen MR) is 88.7 cm³/mol. The topological polar surface area (TPSA) is 39.9 Å². The Labute approximate surface area is 138 Å². The van der Waals surface area contributed by atoms with Crippen LogP contribution in [0.25, 0.3) is 5.69 Å². The summed E-state index contributed by atoms with van der Waals surface area (Å²) in [6, 6.07) is 16.3. The molecule has 0 atom stereocenters. The van der Waals surface area contributed by atoms with E-state index in [4.69, 9.17) is 4.74 Å². The molecular weight excluding hydrogens is 313 g/mol. The Morgan fingerprint density at radius 3 is 2.57 bits per heavy atom. The molecule has 3 rings (SSSR count). The Morgan fingerprint density at radius 2 is 1.78 bits per heavy atom. The lowest BCUT2D eigenvalue weighted by Crippen LogP contribution is -2.04. The molecule has 1 aromatic heterocycles. The van der Waals surface area contributed by atoms with E-state index in [1.807, 2.05) is 41.8 Å². The van der Waals surface area contributed by atoms with Gasteiger partial charge in [0, 0.05) is 11.4 Å². The maximum atomic E-state index is 13.5. The first-order chi connectivity index (χ1) is 11.3. The van der Waals surface area contributed by atoms with Gasteiger partial charge in [-0.3, -0.25) is 4.57 Å². The van der Waals surface area contributed by atoms with Gasteiger partial charge in [-0.1, -0.05) is 42.1 Å². The van der Waals surface area contributed by atoms with Crippen molar-refractivity contribution in [2.45, 2.75) is 12.1 Å². The number of thioether (sulfide) groups is 1. The molecule has 3 aromatic rings. The summed E-state index contributed by atoms with van der Waals surface area (Å²) in [5.41, 5.74) is 1.02. The average molecular weight is 329 g/mol. The summed E-state index contributed by atoms with van der Waals surface area (Å²) in [6.45, 7) is 2.31. The first-order valence-electron chi connectivity index (χ1n) is 7.23. The highest BCUT2D eigenvalue weighted by molar-refractivity contribution is 7.99. The maximum Gasteiger partial charge on any atom is 0.195 e. The van der Waals surface area contributed by atoms with Gasteiger partial charge in [0.2, 0.25) is 0 Å². The molecule has 0 spiro atoms. The van der Waals surface area contributed by atoms with Gasteiger partial charge in [-0.15, -0.1) is 10.2 Å². The van der Waals surface area contributed by atoms with E-state index in [1.165, 1.54) is 17.8 Å². The molecule has 23 heavy (non-hydrogen) atoms. The van der Waals surface area contributed by atoms with Gasteiger partial charge in [0.15, 0.2) is 16.7 Å². The molecule has 0 bridgehead atoms. The Balaban J connectivity index is 1.62. The monoisotopic (exact) mass is 329 g/mol. The third-order valence-electron chi connectivity index (χ3n) is 3.22. The highest BCUT2D eigenvalue weighted by Crippen LogP contribution is 2.22. The van der Waals surface area contributed by atoms with Crippen molar-refractivity contribution in [1.29, 1.82) is 0 Å². The van der Waals surface area contributed by atoms with Gasteiger partial charge in [-0.2, -0.15) is 0 Å². The predicted octanol–water partition coefficient (Wildman–Crippen LogP) is 3.89. The van der Waals surface area contributed by atoms with E-state index in [2.05, 4.69) is 10.2 Å². The molecule has 0 saturated heterocycles. The molecule has 0 N–H and O–H groups in total. The fourth-order valence-electron chi connectivity index (χ4n) is 2.16. The van der Waals surface area contributed by atoms with Crippen molar-refractivity contribution in [1.82, 2.24) is 14.8 Å². The number of nitrogens with zero attached hydrogens (tertiary/aromatic N) is 3. The lowest BCUT2D eigenvalue weighted by Gasteiger charge is -2.09. The summed E-state index contributed by atoms with van der Waals surface area (Å²) in [4.78, 5) is 0. The van der Waals surface area contributed by atoms with E-state index >= 15 is 0 Å². The fraction of sp³-hybridized carbons (Fsp3) is 0.176. The van der Waals surface area contributed by atoms with Gasteiger partial charge < -0.3 is 4.74 Å². The Kier molecular flexibility index (Phi) is 4.92. The number of halogens is 1. The number of aromatic nitrogens is 3. The van der Waals surface area contributed by atoms with Crippen LogP contribution in [-0.4, -0.2) is 27.1 Å². The summed E-state index contributed by atoms with van der Waals surface area (Å²) in [5.74, 6) is 1.41. The molecule has 0 aliphatic carbocycles. The summed E-state index contributed by atoms with van der Waals surface area (Å²) in [7, 11) is 0. The van der Waals surface area contributed by atoms with Crippen LogP contribution in [0.5, 0.6) is 5.75 Å². The molecule has 4 nitrogen and oxygen atoms in total. The van der Waals surface area contributed by atoms with Gasteiger partial charge in [0.25, 0.3) is 0 Å². The summed E-state index contributed by atoms with van der Waals surface area (Å²) in [6.07, 6.45) is 0. The number of hydrogen-bond acceptors (Lipinski definition) is 4. The first kappa shape index (κ1) is 15.6. The van der Waals surface area contributed by atoms with Crippen LogP contribution in [-0.2, 0) is 0 Å². The third-order valence-corrected chi connectivity index (χ3v) is 4.11. The summed E-state index contributed by atoms with van der Waals surface area (Å²) < 4.78 is 20.9. The van der Waals surface area contributed by atoms with Crippen LogP contribution in [0, 0.1) is 12.7 Å². The summed E-state index contributed by atoms with van der Waals surface area (Å²) in [5, 5.41) is 9.13. The minimum atomic E-state index is -0.346. The van der Waals surface area contributed by atoms with Crippen LogP contribution in [0.3, 0.4) is 0 Å². The number of benzene rings is 2. The van der Waals surface area contributed by atoms with Crippen LogP contribution in [0.2, 0.25) is 0 Å². The molecule has 0 aliphatic heterocycles. The minimum Gasteiger partial charge on any atom is -0.490 e. The molecule has 0 unspecified atom stereocenters. The number of ether oxygens (including phenoxy) is 1. The van der Waals surface area contributed by atoms with Crippen LogP contribution < -0.4 is 4.74 Å². The zero-order valence-corrected chi connectivity index (χ0v) is 13.5. The van der Waals surface area contributed by atoms with Crippen molar-refractivity contribution in [3.8, 4) is 11.4 Å². The largest absolute Gasteiger partial charge is 0.490 e. The van der Waals surface area contributed by atoms with Crippen molar-refractivity contribution < 1.29 is 9.13 Å². The zero-order valence-electron chi connectivity index (χ0n) is 12.6. The quantitative estimate of drug-likeness (QED) is 0.508. The Hall–Kier alpha value is -2.34. The maximum absolute atomic E-state index is 13.5. The smallest absolute Gasteiger partial charge is 0.195 e. The standard InChI is InChI=1S/C17H16FN3OS/c1-13-19-20-17(21(13)14-7-3-2-4-8-14)23-12-11-22-16-10-6-5-9-15(16)18/h2-10H,11-12H2,1H3. The van der Waals surface area contributed by atoms with Crippen molar-refractivity contribution >= 4 is 11.8 Å².